The second-order valence-electron chi connectivity index (χ2n) is 5.91. The lowest BCUT2D eigenvalue weighted by molar-refractivity contribution is 0.102. The van der Waals surface area contributed by atoms with E-state index in [0.29, 0.717) is 36.0 Å². The molecule has 0 atom stereocenters. The van der Waals surface area contributed by atoms with E-state index in [1.165, 1.54) is 0 Å². The summed E-state index contributed by atoms with van der Waals surface area (Å²) >= 11 is 0. The van der Waals surface area contributed by atoms with Crippen LogP contribution in [0.2, 0.25) is 0 Å². The Morgan fingerprint density at radius 2 is 1.62 bits per heavy atom. The van der Waals surface area contributed by atoms with Crippen molar-refractivity contribution in [2.24, 2.45) is 0 Å². The fourth-order valence-corrected chi connectivity index (χ4v) is 2.83. The minimum atomic E-state index is -0.331. The molecule has 1 heterocycles. The molecular formula is C21H17NO4. The summed E-state index contributed by atoms with van der Waals surface area (Å²) in [6.45, 7) is 0.955. The number of nitrogens with one attached hydrogen (secondary N) is 1. The van der Waals surface area contributed by atoms with Crippen LogP contribution in [0.25, 0.3) is 11.1 Å². The van der Waals surface area contributed by atoms with Crippen LogP contribution in [0.4, 0.5) is 5.69 Å². The van der Waals surface area contributed by atoms with E-state index in [1.54, 1.807) is 30.3 Å². The number of benzene rings is 3. The van der Waals surface area contributed by atoms with Gasteiger partial charge in [0, 0.05) is 5.56 Å². The van der Waals surface area contributed by atoms with Crippen molar-refractivity contribution in [3.63, 3.8) is 0 Å². The van der Waals surface area contributed by atoms with Gasteiger partial charge in [0.25, 0.3) is 5.91 Å². The molecule has 3 aromatic rings. The molecule has 3 aromatic carbocycles. The van der Waals surface area contributed by atoms with E-state index in [9.17, 15) is 9.90 Å². The number of anilines is 1. The first-order chi connectivity index (χ1) is 12.7. The van der Waals surface area contributed by atoms with Gasteiger partial charge in [-0.3, -0.25) is 4.79 Å². The number of hydrogen-bond donors (Lipinski definition) is 2. The number of phenolic OH excluding ortho intramolecular Hbond substituents is 1. The lowest BCUT2D eigenvalue weighted by Crippen LogP contribution is -2.17. The molecule has 4 rings (SSSR count). The fraction of sp³-hybridized carbons (Fsp3) is 0.0952. The van der Waals surface area contributed by atoms with Crippen molar-refractivity contribution >= 4 is 11.6 Å². The number of fused-ring (bicyclic) bond motifs is 1. The largest absolute Gasteiger partial charge is 0.506 e. The van der Waals surface area contributed by atoms with Crippen LogP contribution < -0.4 is 14.8 Å². The van der Waals surface area contributed by atoms with Crippen LogP contribution in [0.15, 0.2) is 66.7 Å². The molecule has 0 saturated heterocycles. The molecule has 5 nitrogen and oxygen atoms in total. The number of amides is 1. The molecule has 0 radical (unpaired) electrons. The minimum Gasteiger partial charge on any atom is -0.506 e. The molecule has 5 heteroatoms. The van der Waals surface area contributed by atoms with Crippen LogP contribution >= 0.6 is 0 Å². The maximum atomic E-state index is 12.6. The first-order valence-corrected chi connectivity index (χ1v) is 8.30. The summed E-state index contributed by atoms with van der Waals surface area (Å²) in [5.74, 6) is 0.853. The van der Waals surface area contributed by atoms with Crippen LogP contribution in [-0.4, -0.2) is 24.2 Å². The van der Waals surface area contributed by atoms with Gasteiger partial charge in [0.05, 0.1) is 5.69 Å². The Bertz CT molecular complexity index is 953. The highest BCUT2D eigenvalue weighted by atomic mass is 16.6. The average molecular weight is 347 g/mol. The Labute approximate surface area is 150 Å². The fourth-order valence-electron chi connectivity index (χ4n) is 2.83. The lowest BCUT2D eigenvalue weighted by atomic mass is 10.0. The van der Waals surface area contributed by atoms with E-state index in [1.807, 2.05) is 36.4 Å². The summed E-state index contributed by atoms with van der Waals surface area (Å²) in [5.41, 5.74) is 2.69. The minimum absolute atomic E-state index is 0.00979. The van der Waals surface area contributed by atoms with Gasteiger partial charge in [-0.15, -0.1) is 0 Å². The smallest absolute Gasteiger partial charge is 0.255 e. The average Bonchev–Trinajstić information content (AvgIpc) is 2.70. The summed E-state index contributed by atoms with van der Waals surface area (Å²) in [5, 5.41) is 12.9. The Kier molecular flexibility index (Phi) is 4.19. The van der Waals surface area contributed by atoms with Gasteiger partial charge in [-0.1, -0.05) is 36.4 Å². The zero-order chi connectivity index (χ0) is 17.9. The van der Waals surface area contributed by atoms with Crippen LogP contribution in [0.5, 0.6) is 17.2 Å². The van der Waals surface area contributed by atoms with E-state index >= 15 is 0 Å². The Morgan fingerprint density at radius 3 is 2.42 bits per heavy atom. The third-order valence-corrected chi connectivity index (χ3v) is 4.16. The van der Waals surface area contributed by atoms with Crippen molar-refractivity contribution in [3.05, 3.63) is 72.3 Å². The maximum absolute atomic E-state index is 12.6. The molecular weight excluding hydrogens is 330 g/mol. The second kappa shape index (κ2) is 6.80. The van der Waals surface area contributed by atoms with Crippen molar-refractivity contribution in [1.29, 1.82) is 0 Å². The van der Waals surface area contributed by atoms with Crippen LogP contribution in [0.3, 0.4) is 0 Å². The van der Waals surface area contributed by atoms with Crippen molar-refractivity contribution in [1.82, 2.24) is 0 Å². The van der Waals surface area contributed by atoms with E-state index in [2.05, 4.69) is 5.32 Å². The van der Waals surface area contributed by atoms with E-state index in [0.717, 1.165) is 11.1 Å². The molecule has 0 aliphatic carbocycles. The Hall–Kier alpha value is -3.47. The van der Waals surface area contributed by atoms with Gasteiger partial charge in [0.2, 0.25) is 0 Å². The highest BCUT2D eigenvalue weighted by Gasteiger charge is 2.16. The standard InChI is InChI=1S/C21H17NO4/c23-18-8-6-15(14-4-2-1-3-5-14)12-17(18)22-21(24)16-7-9-19-20(13-16)26-11-10-25-19/h1-9,12-13,23H,10-11H2,(H,22,24). The normalized spacial score (nSPS) is 12.5. The number of hydrogen-bond acceptors (Lipinski definition) is 4. The highest BCUT2D eigenvalue weighted by Crippen LogP contribution is 2.33. The van der Waals surface area contributed by atoms with Gasteiger partial charge in [-0.05, 0) is 41.5 Å². The predicted octanol–water partition coefficient (Wildman–Crippen LogP) is 4.08. The summed E-state index contributed by atoms with van der Waals surface area (Å²) in [6, 6.07) is 19.9. The number of phenols is 1. The first-order valence-electron chi connectivity index (χ1n) is 8.30. The van der Waals surface area contributed by atoms with Crippen molar-refractivity contribution < 1.29 is 19.4 Å². The molecule has 1 aliphatic rings. The number of carbonyl (C=O) groups is 1. The monoisotopic (exact) mass is 347 g/mol. The van der Waals surface area contributed by atoms with E-state index in [-0.39, 0.29) is 11.7 Å². The summed E-state index contributed by atoms with van der Waals surface area (Å²) < 4.78 is 11.0. The topological polar surface area (TPSA) is 67.8 Å². The number of ether oxygens (including phenoxy) is 2. The molecule has 0 fully saturated rings. The Morgan fingerprint density at radius 1 is 0.846 bits per heavy atom. The predicted molar refractivity (Wildman–Crippen MR) is 98.9 cm³/mol. The third kappa shape index (κ3) is 3.19. The molecule has 2 N–H and O–H groups in total. The molecule has 0 bridgehead atoms. The Balaban J connectivity index is 1.59. The van der Waals surface area contributed by atoms with E-state index < -0.39 is 0 Å². The van der Waals surface area contributed by atoms with Gasteiger partial charge >= 0.3 is 0 Å². The second-order valence-corrected chi connectivity index (χ2v) is 5.91. The molecule has 0 unspecified atom stereocenters. The molecule has 1 aliphatic heterocycles. The summed E-state index contributed by atoms with van der Waals surface area (Å²) in [4.78, 5) is 12.6. The molecule has 0 saturated carbocycles. The number of rotatable bonds is 3. The van der Waals surface area contributed by atoms with Crippen molar-refractivity contribution in [3.8, 4) is 28.4 Å². The first kappa shape index (κ1) is 16.0. The summed E-state index contributed by atoms with van der Waals surface area (Å²) in [6.07, 6.45) is 0. The summed E-state index contributed by atoms with van der Waals surface area (Å²) in [7, 11) is 0. The van der Waals surface area contributed by atoms with Crippen LogP contribution in [0.1, 0.15) is 10.4 Å². The molecule has 1 amide bonds. The van der Waals surface area contributed by atoms with Crippen molar-refractivity contribution in [2.45, 2.75) is 0 Å². The van der Waals surface area contributed by atoms with Crippen LogP contribution in [-0.2, 0) is 0 Å². The number of carbonyl (C=O) groups excluding carboxylic acids is 1. The van der Waals surface area contributed by atoms with Crippen molar-refractivity contribution in [2.75, 3.05) is 18.5 Å². The molecule has 0 aromatic heterocycles. The zero-order valence-electron chi connectivity index (χ0n) is 13.9. The van der Waals surface area contributed by atoms with Crippen LogP contribution in [0, 0.1) is 0 Å². The number of aromatic hydroxyl groups is 1. The van der Waals surface area contributed by atoms with Gasteiger partial charge in [-0.2, -0.15) is 0 Å². The quantitative estimate of drug-likeness (QED) is 0.701. The van der Waals surface area contributed by atoms with Gasteiger partial charge < -0.3 is 19.9 Å². The van der Waals surface area contributed by atoms with Gasteiger partial charge in [-0.25, -0.2) is 0 Å². The molecule has 0 spiro atoms. The highest BCUT2D eigenvalue weighted by molar-refractivity contribution is 6.05. The SMILES string of the molecule is O=C(Nc1cc(-c2ccccc2)ccc1O)c1ccc2c(c1)OCCO2. The van der Waals surface area contributed by atoms with E-state index in [4.69, 9.17) is 9.47 Å². The third-order valence-electron chi connectivity index (χ3n) is 4.16. The zero-order valence-corrected chi connectivity index (χ0v) is 13.9. The van der Waals surface area contributed by atoms with Gasteiger partial charge in [0.15, 0.2) is 11.5 Å². The van der Waals surface area contributed by atoms with Gasteiger partial charge in [0.1, 0.15) is 19.0 Å². The lowest BCUT2D eigenvalue weighted by Gasteiger charge is -2.18. The molecule has 26 heavy (non-hydrogen) atoms. The molecule has 130 valence electrons. The maximum Gasteiger partial charge on any atom is 0.255 e.